The minimum atomic E-state index is -4.79. The van der Waals surface area contributed by atoms with Gasteiger partial charge in [-0.3, -0.25) is 4.57 Å². The molecular weight excluding hydrogens is 237 g/mol. The summed E-state index contributed by atoms with van der Waals surface area (Å²) >= 11 is 0. The Hall–Kier alpha value is -1.02. The molecule has 0 bridgehead atoms. The van der Waals surface area contributed by atoms with Gasteiger partial charge in [-0.25, -0.2) is 0 Å². The summed E-state index contributed by atoms with van der Waals surface area (Å²) in [4.78, 5) is 0. The molecule has 2 fully saturated rings. The van der Waals surface area contributed by atoms with Crippen LogP contribution < -0.4 is 0 Å². The van der Waals surface area contributed by atoms with Crippen molar-refractivity contribution >= 4 is 10.2 Å². The predicted octanol–water partition coefficient (Wildman–Crippen LogP) is 0.385. The molecule has 8 heteroatoms. The molecule has 0 amide bonds. The predicted molar refractivity (Wildman–Crippen MR) is 50.1 cm³/mol. The van der Waals surface area contributed by atoms with Crippen LogP contribution in [0, 0.1) is 0 Å². The fraction of sp³-hybridized carbons (Fsp3) is 0.750. The van der Waals surface area contributed by atoms with Crippen LogP contribution in [0.2, 0.25) is 0 Å². The van der Waals surface area contributed by atoms with Crippen molar-refractivity contribution in [2.45, 2.75) is 30.0 Å². The van der Waals surface area contributed by atoms with Crippen LogP contribution in [-0.2, 0) is 15.0 Å². The molecule has 1 aliphatic carbocycles. The zero-order chi connectivity index (χ0) is 11.3. The molecule has 6 nitrogen and oxygen atoms in total. The number of ether oxygens (including phenoxy) is 1. The highest BCUT2D eigenvalue weighted by Gasteiger charge is 2.38. The molecule has 1 aromatic rings. The molecule has 3 rings (SSSR count). The first kappa shape index (κ1) is 10.2. The van der Waals surface area contributed by atoms with Gasteiger partial charge in [-0.1, -0.05) is 3.89 Å². The maximum atomic E-state index is 13.0. The van der Waals surface area contributed by atoms with Crippen molar-refractivity contribution in [2.75, 3.05) is 13.2 Å². The quantitative estimate of drug-likeness (QED) is 0.722. The van der Waals surface area contributed by atoms with Gasteiger partial charge >= 0.3 is 10.2 Å². The van der Waals surface area contributed by atoms with E-state index < -0.39 is 15.4 Å². The molecule has 88 valence electrons. The molecule has 0 atom stereocenters. The summed E-state index contributed by atoms with van der Waals surface area (Å²) in [6.45, 7) is 0.994. The van der Waals surface area contributed by atoms with Gasteiger partial charge in [-0.2, -0.15) is 8.42 Å². The highest BCUT2D eigenvalue weighted by atomic mass is 32.3. The van der Waals surface area contributed by atoms with E-state index in [1.807, 2.05) is 0 Å². The second-order valence-electron chi connectivity index (χ2n) is 4.11. The van der Waals surface area contributed by atoms with E-state index in [1.165, 1.54) is 4.57 Å². The minimum absolute atomic E-state index is 0.0334. The van der Waals surface area contributed by atoms with Crippen LogP contribution >= 0.6 is 0 Å². The van der Waals surface area contributed by atoms with Crippen molar-refractivity contribution in [1.29, 1.82) is 0 Å². The van der Waals surface area contributed by atoms with E-state index in [4.69, 9.17) is 4.74 Å². The maximum absolute atomic E-state index is 13.0. The van der Waals surface area contributed by atoms with Gasteiger partial charge in [0, 0.05) is 6.04 Å². The Kier molecular flexibility index (Phi) is 2.05. The molecule has 0 radical (unpaired) electrons. The topological polar surface area (TPSA) is 74.1 Å². The number of aromatic nitrogens is 3. The first-order chi connectivity index (χ1) is 7.57. The molecule has 0 spiro atoms. The van der Waals surface area contributed by atoms with Crippen molar-refractivity contribution in [1.82, 2.24) is 14.8 Å². The summed E-state index contributed by atoms with van der Waals surface area (Å²) in [5, 5.41) is 6.67. The summed E-state index contributed by atoms with van der Waals surface area (Å²) in [5.41, 5.74) is 0. The van der Waals surface area contributed by atoms with E-state index in [1.54, 1.807) is 0 Å². The average molecular weight is 247 g/mol. The molecule has 0 aromatic carbocycles. The molecule has 1 aromatic heterocycles. The fourth-order valence-corrected chi connectivity index (χ4v) is 2.41. The van der Waals surface area contributed by atoms with E-state index in [0.717, 1.165) is 12.8 Å². The van der Waals surface area contributed by atoms with Crippen LogP contribution in [0.15, 0.2) is 5.16 Å². The molecule has 1 aliphatic heterocycles. The van der Waals surface area contributed by atoms with Crippen LogP contribution in [0.4, 0.5) is 3.89 Å². The highest BCUT2D eigenvalue weighted by molar-refractivity contribution is 7.86. The molecule has 0 N–H and O–H groups in total. The van der Waals surface area contributed by atoms with Crippen molar-refractivity contribution in [2.24, 2.45) is 0 Å². The lowest BCUT2D eigenvalue weighted by molar-refractivity contribution is 0.00307. The van der Waals surface area contributed by atoms with E-state index in [2.05, 4.69) is 10.2 Å². The number of halogens is 1. The molecule has 2 heterocycles. The van der Waals surface area contributed by atoms with Crippen molar-refractivity contribution in [3.8, 4) is 0 Å². The van der Waals surface area contributed by atoms with Crippen molar-refractivity contribution in [3.63, 3.8) is 0 Å². The van der Waals surface area contributed by atoms with Gasteiger partial charge in [-0.05, 0) is 12.8 Å². The number of hydrogen-bond donors (Lipinski definition) is 0. The smallest absolute Gasteiger partial charge is 0.368 e. The van der Waals surface area contributed by atoms with Gasteiger partial charge in [0.15, 0.2) is 0 Å². The van der Waals surface area contributed by atoms with Gasteiger partial charge in [0.25, 0.3) is 5.16 Å². The Bertz CT molecular complexity index is 519. The van der Waals surface area contributed by atoms with Crippen LogP contribution in [0.25, 0.3) is 0 Å². The van der Waals surface area contributed by atoms with Crippen LogP contribution in [0.5, 0.6) is 0 Å². The minimum Gasteiger partial charge on any atom is -0.380 e. The van der Waals surface area contributed by atoms with Crippen LogP contribution in [-0.4, -0.2) is 36.4 Å². The van der Waals surface area contributed by atoms with Crippen LogP contribution in [0.1, 0.15) is 30.6 Å². The second-order valence-corrected chi connectivity index (χ2v) is 5.36. The van der Waals surface area contributed by atoms with E-state index in [9.17, 15) is 12.3 Å². The monoisotopic (exact) mass is 247 g/mol. The number of rotatable bonds is 3. The van der Waals surface area contributed by atoms with Gasteiger partial charge in [0.05, 0.1) is 19.1 Å². The largest absolute Gasteiger partial charge is 0.380 e. The highest BCUT2D eigenvalue weighted by Crippen LogP contribution is 2.40. The SMILES string of the molecule is O=S(=O)(F)c1nnc(C2COC2)n1C1CC1. The molecule has 1 saturated heterocycles. The Morgan fingerprint density at radius 2 is 2.00 bits per heavy atom. The summed E-state index contributed by atoms with van der Waals surface area (Å²) in [5.74, 6) is 0.577. The third-order valence-corrected chi connectivity index (χ3v) is 3.54. The molecular formula is C8H10FN3O3S. The number of nitrogens with zero attached hydrogens (tertiary/aromatic N) is 3. The first-order valence-electron chi connectivity index (χ1n) is 5.04. The molecule has 1 saturated carbocycles. The zero-order valence-corrected chi connectivity index (χ0v) is 9.15. The summed E-state index contributed by atoms with van der Waals surface area (Å²) in [7, 11) is -4.79. The van der Waals surface area contributed by atoms with E-state index in [-0.39, 0.29) is 12.0 Å². The average Bonchev–Trinajstić information content (AvgIpc) is 2.83. The zero-order valence-electron chi connectivity index (χ0n) is 8.34. The molecule has 16 heavy (non-hydrogen) atoms. The Morgan fingerprint density at radius 3 is 2.44 bits per heavy atom. The fourth-order valence-electron chi connectivity index (χ4n) is 1.79. The van der Waals surface area contributed by atoms with Gasteiger partial charge in [0.1, 0.15) is 5.82 Å². The van der Waals surface area contributed by atoms with Crippen molar-refractivity contribution < 1.29 is 17.0 Å². The third-order valence-electron chi connectivity index (χ3n) is 2.82. The first-order valence-corrected chi connectivity index (χ1v) is 6.43. The Morgan fingerprint density at radius 1 is 1.31 bits per heavy atom. The third kappa shape index (κ3) is 1.52. The van der Waals surface area contributed by atoms with E-state index in [0.29, 0.717) is 19.0 Å². The normalized spacial score (nSPS) is 22.1. The lowest BCUT2D eigenvalue weighted by Crippen LogP contribution is -2.28. The van der Waals surface area contributed by atoms with Gasteiger partial charge < -0.3 is 4.74 Å². The molecule has 0 unspecified atom stereocenters. The van der Waals surface area contributed by atoms with E-state index >= 15 is 0 Å². The Balaban J connectivity index is 2.08. The second kappa shape index (κ2) is 3.24. The summed E-state index contributed by atoms with van der Waals surface area (Å²) in [6, 6.07) is 0.0334. The Labute approximate surface area is 91.6 Å². The standard InChI is InChI=1S/C8H10FN3O3S/c9-16(13,14)8-11-10-7(5-3-15-4-5)12(8)6-1-2-6/h5-6H,1-4H2. The van der Waals surface area contributed by atoms with Gasteiger partial charge in [-0.15, -0.1) is 10.2 Å². The number of hydrogen-bond acceptors (Lipinski definition) is 5. The summed E-state index contributed by atoms with van der Waals surface area (Å²) < 4.78 is 41.2. The van der Waals surface area contributed by atoms with Crippen molar-refractivity contribution in [3.05, 3.63) is 5.82 Å². The summed E-state index contributed by atoms with van der Waals surface area (Å²) in [6.07, 6.45) is 1.70. The van der Waals surface area contributed by atoms with Crippen LogP contribution in [0.3, 0.4) is 0 Å². The molecule has 2 aliphatic rings. The maximum Gasteiger partial charge on any atom is 0.368 e. The lowest BCUT2D eigenvalue weighted by Gasteiger charge is -2.25. The lowest BCUT2D eigenvalue weighted by atomic mass is 10.1. The van der Waals surface area contributed by atoms with Gasteiger partial charge in [0.2, 0.25) is 0 Å².